The summed E-state index contributed by atoms with van der Waals surface area (Å²) in [6, 6.07) is 12.9. The van der Waals surface area contributed by atoms with E-state index in [1.807, 2.05) is 36.4 Å². The average molecular weight is 349 g/mol. The quantitative estimate of drug-likeness (QED) is 0.389. The normalized spacial score (nSPS) is 11.1. The van der Waals surface area contributed by atoms with Crippen molar-refractivity contribution >= 4 is 23.2 Å². The summed E-state index contributed by atoms with van der Waals surface area (Å²) in [6.07, 6.45) is 3.91. The molecule has 2 aromatic carbocycles. The van der Waals surface area contributed by atoms with E-state index in [4.69, 9.17) is 0 Å². The number of aromatic nitrogens is 3. The lowest BCUT2D eigenvalue weighted by atomic mass is 10.1. The van der Waals surface area contributed by atoms with Crippen LogP contribution in [0.25, 0.3) is 11.0 Å². The number of carbonyl (C=O) groups is 1. The van der Waals surface area contributed by atoms with Gasteiger partial charge < -0.3 is 5.11 Å². The number of phenolic OH excluding ortho intramolecular Hbond substituents is 1. The zero-order valence-corrected chi connectivity index (χ0v) is 14.2. The van der Waals surface area contributed by atoms with Crippen molar-refractivity contribution in [2.45, 2.75) is 19.4 Å². The lowest BCUT2D eigenvalue weighted by Crippen LogP contribution is -2.19. The minimum absolute atomic E-state index is 0.138. The predicted octanol–water partition coefficient (Wildman–Crippen LogP) is 2.41. The summed E-state index contributed by atoms with van der Waals surface area (Å²) in [5.74, 6) is -0.109. The molecule has 7 heteroatoms. The molecule has 1 aromatic heterocycles. The molecule has 0 bridgehead atoms. The standard InChI is InChI=1S/C19H19N5O2/c1-2-6-14-7-5-8-15(19(14)26)13-20-22-18(25)11-12-24-17-10-4-3-9-16(17)21-23-24/h2-5,7-10,13,26H,1,6,11-12H2,(H,22,25)/b20-13-. The Morgan fingerprint density at radius 3 is 2.96 bits per heavy atom. The van der Waals surface area contributed by atoms with E-state index in [1.165, 1.54) is 6.21 Å². The molecule has 0 radical (unpaired) electrons. The van der Waals surface area contributed by atoms with Crippen molar-refractivity contribution in [2.75, 3.05) is 0 Å². The SMILES string of the molecule is C=CCc1cccc(/C=N\NC(=O)CCn2nnc3ccccc32)c1O. The predicted molar refractivity (Wildman–Crippen MR) is 99.9 cm³/mol. The second-order valence-corrected chi connectivity index (χ2v) is 5.69. The third kappa shape index (κ3) is 3.94. The lowest BCUT2D eigenvalue weighted by molar-refractivity contribution is -0.121. The Hall–Kier alpha value is -3.48. The Kier molecular flexibility index (Phi) is 5.38. The smallest absolute Gasteiger partial charge is 0.241 e. The summed E-state index contributed by atoms with van der Waals surface area (Å²) < 4.78 is 1.68. The Labute approximate surface area is 150 Å². The number of carbonyl (C=O) groups excluding carboxylic acids is 1. The number of phenols is 1. The molecule has 0 fully saturated rings. The van der Waals surface area contributed by atoms with Crippen LogP contribution in [0.5, 0.6) is 5.75 Å². The highest BCUT2D eigenvalue weighted by Gasteiger charge is 2.07. The van der Waals surface area contributed by atoms with Crippen molar-refractivity contribution in [2.24, 2.45) is 5.10 Å². The van der Waals surface area contributed by atoms with Gasteiger partial charge in [-0.25, -0.2) is 10.1 Å². The van der Waals surface area contributed by atoms with Crippen molar-refractivity contribution < 1.29 is 9.90 Å². The zero-order valence-electron chi connectivity index (χ0n) is 14.2. The first-order valence-corrected chi connectivity index (χ1v) is 8.21. The van der Waals surface area contributed by atoms with Crippen molar-refractivity contribution in [1.29, 1.82) is 0 Å². The molecular weight excluding hydrogens is 330 g/mol. The Morgan fingerprint density at radius 1 is 1.27 bits per heavy atom. The van der Waals surface area contributed by atoms with E-state index in [1.54, 1.807) is 16.8 Å². The molecule has 0 saturated carbocycles. The van der Waals surface area contributed by atoms with Gasteiger partial charge in [0, 0.05) is 12.0 Å². The van der Waals surface area contributed by atoms with Gasteiger partial charge in [0.05, 0.1) is 18.3 Å². The number of hydrogen-bond acceptors (Lipinski definition) is 5. The number of aromatic hydroxyl groups is 1. The highest BCUT2D eigenvalue weighted by Crippen LogP contribution is 2.21. The summed E-state index contributed by atoms with van der Waals surface area (Å²) in [4.78, 5) is 12.0. The second-order valence-electron chi connectivity index (χ2n) is 5.69. The first-order valence-electron chi connectivity index (χ1n) is 8.21. The number of nitrogens with one attached hydrogen (secondary N) is 1. The molecule has 1 heterocycles. The van der Waals surface area contributed by atoms with Gasteiger partial charge in [0.2, 0.25) is 5.91 Å². The number of amides is 1. The minimum Gasteiger partial charge on any atom is -0.507 e. The van der Waals surface area contributed by atoms with Gasteiger partial charge in [0.1, 0.15) is 11.3 Å². The molecule has 7 nitrogen and oxygen atoms in total. The van der Waals surface area contributed by atoms with Gasteiger partial charge >= 0.3 is 0 Å². The molecule has 132 valence electrons. The molecule has 3 rings (SSSR count). The molecule has 0 spiro atoms. The number of fused-ring (bicyclic) bond motifs is 1. The Morgan fingerprint density at radius 2 is 2.12 bits per heavy atom. The van der Waals surface area contributed by atoms with Crippen LogP contribution >= 0.6 is 0 Å². The molecule has 2 N–H and O–H groups in total. The van der Waals surface area contributed by atoms with E-state index < -0.39 is 0 Å². The van der Waals surface area contributed by atoms with Crippen molar-refractivity contribution in [3.63, 3.8) is 0 Å². The van der Waals surface area contributed by atoms with Gasteiger partial charge in [-0.15, -0.1) is 11.7 Å². The van der Waals surface area contributed by atoms with E-state index in [9.17, 15) is 9.90 Å². The van der Waals surface area contributed by atoms with Crippen LogP contribution in [0.15, 0.2) is 60.2 Å². The van der Waals surface area contributed by atoms with Gasteiger partial charge in [0.15, 0.2) is 0 Å². The van der Waals surface area contributed by atoms with Crippen LogP contribution in [0.2, 0.25) is 0 Å². The maximum absolute atomic E-state index is 12.0. The van der Waals surface area contributed by atoms with Crippen molar-refractivity contribution in [3.8, 4) is 5.75 Å². The molecule has 0 unspecified atom stereocenters. The number of hydrazone groups is 1. The number of rotatable bonds is 7. The first-order chi connectivity index (χ1) is 12.7. The molecular formula is C19H19N5O2. The van der Waals surface area contributed by atoms with Gasteiger partial charge in [-0.2, -0.15) is 5.10 Å². The number of hydrogen-bond donors (Lipinski definition) is 2. The molecule has 0 aliphatic carbocycles. The van der Waals surface area contributed by atoms with E-state index in [0.717, 1.165) is 16.6 Å². The van der Waals surface area contributed by atoms with E-state index in [0.29, 0.717) is 18.5 Å². The largest absolute Gasteiger partial charge is 0.507 e. The average Bonchev–Trinajstić information content (AvgIpc) is 3.06. The summed E-state index contributed by atoms with van der Waals surface area (Å²) in [5.41, 5.74) is 5.42. The topological polar surface area (TPSA) is 92.4 Å². The van der Waals surface area contributed by atoms with Crippen LogP contribution in [0, 0.1) is 0 Å². The van der Waals surface area contributed by atoms with Gasteiger partial charge in [-0.05, 0) is 30.2 Å². The van der Waals surface area contributed by atoms with Crippen LogP contribution in [-0.4, -0.2) is 32.2 Å². The molecule has 0 saturated heterocycles. The van der Waals surface area contributed by atoms with Crippen LogP contribution in [0.3, 0.4) is 0 Å². The first kappa shape index (κ1) is 17.3. The van der Waals surface area contributed by atoms with Crippen molar-refractivity contribution in [1.82, 2.24) is 20.4 Å². The third-order valence-corrected chi connectivity index (χ3v) is 3.88. The molecule has 1 amide bonds. The maximum Gasteiger partial charge on any atom is 0.241 e. The molecule has 0 atom stereocenters. The molecule has 0 aliphatic rings. The van der Waals surface area contributed by atoms with E-state index in [2.05, 4.69) is 27.4 Å². The fourth-order valence-corrected chi connectivity index (χ4v) is 2.56. The van der Waals surface area contributed by atoms with Crippen LogP contribution in [0.1, 0.15) is 17.5 Å². The van der Waals surface area contributed by atoms with Gasteiger partial charge in [0.25, 0.3) is 0 Å². The fraction of sp³-hybridized carbons (Fsp3) is 0.158. The molecule has 0 aliphatic heterocycles. The number of benzene rings is 2. The molecule has 26 heavy (non-hydrogen) atoms. The second kappa shape index (κ2) is 8.06. The summed E-state index contributed by atoms with van der Waals surface area (Å²) >= 11 is 0. The summed E-state index contributed by atoms with van der Waals surface area (Å²) in [5, 5.41) is 22.1. The fourth-order valence-electron chi connectivity index (χ4n) is 2.56. The molecule has 3 aromatic rings. The maximum atomic E-state index is 12.0. The highest BCUT2D eigenvalue weighted by atomic mass is 16.3. The van der Waals surface area contributed by atoms with Gasteiger partial charge in [-0.3, -0.25) is 4.79 Å². The Bertz CT molecular complexity index is 961. The van der Waals surface area contributed by atoms with Crippen LogP contribution in [-0.2, 0) is 17.8 Å². The van der Waals surface area contributed by atoms with E-state index >= 15 is 0 Å². The summed E-state index contributed by atoms with van der Waals surface area (Å²) in [7, 11) is 0. The number of aryl methyl sites for hydroxylation is 1. The number of nitrogens with zero attached hydrogens (tertiary/aromatic N) is 4. The lowest BCUT2D eigenvalue weighted by Gasteiger charge is -2.05. The third-order valence-electron chi connectivity index (χ3n) is 3.88. The number of para-hydroxylation sites is 2. The summed E-state index contributed by atoms with van der Waals surface area (Å²) in [6.45, 7) is 4.06. The monoisotopic (exact) mass is 349 g/mol. The van der Waals surface area contributed by atoms with E-state index in [-0.39, 0.29) is 18.1 Å². The Balaban J connectivity index is 1.56. The van der Waals surface area contributed by atoms with Crippen molar-refractivity contribution in [3.05, 3.63) is 66.2 Å². The van der Waals surface area contributed by atoms with Crippen LogP contribution < -0.4 is 5.43 Å². The van der Waals surface area contributed by atoms with Gasteiger partial charge in [-0.1, -0.05) is 35.6 Å². The minimum atomic E-state index is -0.248. The number of allylic oxidation sites excluding steroid dienone is 1. The van der Waals surface area contributed by atoms with Crippen LogP contribution in [0.4, 0.5) is 0 Å². The zero-order chi connectivity index (χ0) is 18.4. The highest BCUT2D eigenvalue weighted by molar-refractivity contribution is 5.85.